The molecule has 0 aromatic heterocycles. The Morgan fingerprint density at radius 2 is 2.36 bits per heavy atom. The van der Waals surface area contributed by atoms with Crippen LogP contribution in [-0.2, 0) is 4.79 Å². The molecule has 1 saturated heterocycles. The molecule has 0 aromatic rings. The Kier molecular flexibility index (Phi) is 1.95. The van der Waals surface area contributed by atoms with E-state index in [1.54, 1.807) is 0 Å². The van der Waals surface area contributed by atoms with Gasteiger partial charge in [0.05, 0.1) is 6.04 Å². The minimum Gasteiger partial charge on any atom is -0.352 e. The van der Waals surface area contributed by atoms with Gasteiger partial charge in [-0.15, -0.1) is 0 Å². The van der Waals surface area contributed by atoms with Gasteiger partial charge in [0.1, 0.15) is 6.04 Å². The van der Waals surface area contributed by atoms with Crippen molar-refractivity contribution in [2.75, 3.05) is 6.54 Å². The highest BCUT2D eigenvalue weighted by molar-refractivity contribution is 5.89. The van der Waals surface area contributed by atoms with Crippen molar-refractivity contribution in [3.05, 3.63) is 0 Å². The number of urea groups is 1. The standard InChI is InChI=1S/C5H10N4O2/c6-3-2(9-4(3)10)1-8-5(7)11/h2-3H,1,6H2,(H,9,10)(H3,7,8,11)/t2-,3+/m1/s1. The van der Waals surface area contributed by atoms with Crippen molar-refractivity contribution in [1.82, 2.24) is 10.6 Å². The van der Waals surface area contributed by atoms with Crippen LogP contribution >= 0.6 is 0 Å². The topological polar surface area (TPSA) is 110 Å². The number of carbonyl (C=O) groups excluding carboxylic acids is 2. The largest absolute Gasteiger partial charge is 0.352 e. The Balaban J connectivity index is 2.20. The molecule has 11 heavy (non-hydrogen) atoms. The van der Waals surface area contributed by atoms with Gasteiger partial charge < -0.3 is 22.1 Å². The molecular weight excluding hydrogens is 148 g/mol. The van der Waals surface area contributed by atoms with Gasteiger partial charge in [0.2, 0.25) is 5.91 Å². The van der Waals surface area contributed by atoms with E-state index in [4.69, 9.17) is 11.5 Å². The lowest BCUT2D eigenvalue weighted by atomic mass is 10.0. The Bertz CT molecular complexity index is 193. The zero-order valence-electron chi connectivity index (χ0n) is 5.83. The van der Waals surface area contributed by atoms with Gasteiger partial charge in [0.25, 0.3) is 0 Å². The number of nitrogens with one attached hydrogen (secondary N) is 2. The first-order valence-corrected chi connectivity index (χ1v) is 3.20. The third-order valence-electron chi connectivity index (χ3n) is 1.56. The first-order valence-electron chi connectivity index (χ1n) is 3.20. The van der Waals surface area contributed by atoms with Crippen molar-refractivity contribution in [2.24, 2.45) is 11.5 Å². The van der Waals surface area contributed by atoms with Crippen molar-refractivity contribution in [3.63, 3.8) is 0 Å². The lowest BCUT2D eigenvalue weighted by Crippen LogP contribution is -2.69. The van der Waals surface area contributed by atoms with E-state index in [9.17, 15) is 9.59 Å². The van der Waals surface area contributed by atoms with Crippen LogP contribution in [0.3, 0.4) is 0 Å². The van der Waals surface area contributed by atoms with Crippen LogP contribution in [0.1, 0.15) is 0 Å². The van der Waals surface area contributed by atoms with Crippen molar-refractivity contribution < 1.29 is 9.59 Å². The van der Waals surface area contributed by atoms with E-state index in [-0.39, 0.29) is 11.9 Å². The Labute approximate surface area is 63.3 Å². The van der Waals surface area contributed by atoms with Crippen molar-refractivity contribution >= 4 is 11.9 Å². The summed E-state index contributed by atoms with van der Waals surface area (Å²) in [5.74, 6) is -0.193. The summed E-state index contributed by atoms with van der Waals surface area (Å²) < 4.78 is 0. The number of primary amides is 1. The van der Waals surface area contributed by atoms with Crippen LogP contribution in [0.15, 0.2) is 0 Å². The van der Waals surface area contributed by atoms with Crippen LogP contribution in [0.4, 0.5) is 4.79 Å². The smallest absolute Gasteiger partial charge is 0.312 e. The highest BCUT2D eigenvalue weighted by Gasteiger charge is 2.35. The zero-order chi connectivity index (χ0) is 8.43. The molecule has 0 bridgehead atoms. The maximum atomic E-state index is 10.5. The normalized spacial score (nSPS) is 28.6. The van der Waals surface area contributed by atoms with Crippen LogP contribution in [-0.4, -0.2) is 30.6 Å². The second-order valence-corrected chi connectivity index (χ2v) is 2.39. The second-order valence-electron chi connectivity index (χ2n) is 2.39. The Morgan fingerprint density at radius 3 is 2.73 bits per heavy atom. The molecule has 1 heterocycles. The minimum absolute atomic E-state index is 0.171. The van der Waals surface area contributed by atoms with Crippen LogP contribution in [0.25, 0.3) is 0 Å². The molecule has 3 amide bonds. The van der Waals surface area contributed by atoms with Crippen molar-refractivity contribution in [1.29, 1.82) is 0 Å². The molecule has 1 aliphatic heterocycles. The van der Waals surface area contributed by atoms with Gasteiger partial charge in [0, 0.05) is 6.54 Å². The predicted molar refractivity (Wildman–Crippen MR) is 37.5 cm³/mol. The SMILES string of the molecule is NC(=O)NC[C@H]1NC(=O)[C@H]1N. The van der Waals surface area contributed by atoms with Crippen LogP contribution in [0, 0.1) is 0 Å². The minimum atomic E-state index is -0.613. The maximum absolute atomic E-state index is 10.5. The maximum Gasteiger partial charge on any atom is 0.312 e. The number of nitrogens with two attached hydrogens (primary N) is 2. The van der Waals surface area contributed by atoms with Crippen LogP contribution in [0.5, 0.6) is 0 Å². The summed E-state index contributed by atoms with van der Waals surface area (Å²) >= 11 is 0. The van der Waals surface area contributed by atoms with Gasteiger partial charge in [-0.25, -0.2) is 4.79 Å². The molecule has 1 rings (SSSR count). The number of rotatable bonds is 2. The molecule has 0 unspecified atom stereocenters. The molecule has 6 N–H and O–H groups in total. The van der Waals surface area contributed by atoms with E-state index in [0.717, 1.165) is 0 Å². The zero-order valence-corrected chi connectivity index (χ0v) is 5.83. The highest BCUT2D eigenvalue weighted by atomic mass is 16.2. The quantitative estimate of drug-likeness (QED) is 0.333. The highest BCUT2D eigenvalue weighted by Crippen LogP contribution is 2.00. The van der Waals surface area contributed by atoms with E-state index in [1.807, 2.05) is 0 Å². The van der Waals surface area contributed by atoms with Gasteiger partial charge in [-0.3, -0.25) is 4.79 Å². The van der Waals surface area contributed by atoms with Gasteiger partial charge >= 0.3 is 6.03 Å². The predicted octanol–water partition coefficient (Wildman–Crippen LogP) is -2.52. The number of carbonyl (C=O) groups is 2. The number of hydrogen-bond acceptors (Lipinski definition) is 3. The summed E-state index contributed by atoms with van der Waals surface area (Å²) in [5.41, 5.74) is 10.1. The third kappa shape index (κ3) is 1.58. The van der Waals surface area contributed by atoms with E-state index < -0.39 is 12.1 Å². The molecule has 0 spiro atoms. The van der Waals surface area contributed by atoms with E-state index in [0.29, 0.717) is 6.54 Å². The summed E-state index contributed by atoms with van der Waals surface area (Å²) in [5, 5.41) is 4.86. The molecule has 0 radical (unpaired) electrons. The fourth-order valence-electron chi connectivity index (χ4n) is 0.844. The van der Waals surface area contributed by atoms with E-state index >= 15 is 0 Å². The molecule has 2 atom stereocenters. The van der Waals surface area contributed by atoms with Crippen molar-refractivity contribution in [3.8, 4) is 0 Å². The van der Waals surface area contributed by atoms with Gasteiger partial charge in [-0.1, -0.05) is 0 Å². The first-order chi connectivity index (χ1) is 5.11. The molecule has 6 nitrogen and oxygen atoms in total. The fourth-order valence-corrected chi connectivity index (χ4v) is 0.844. The summed E-state index contributed by atoms with van der Waals surface area (Å²) in [4.78, 5) is 20.7. The lowest BCUT2D eigenvalue weighted by molar-refractivity contribution is -0.130. The fraction of sp³-hybridized carbons (Fsp3) is 0.600. The van der Waals surface area contributed by atoms with Gasteiger partial charge in [0.15, 0.2) is 0 Å². The van der Waals surface area contributed by atoms with E-state index in [2.05, 4.69) is 10.6 Å². The summed E-state index contributed by atoms with van der Waals surface area (Å²) in [6.45, 7) is 0.294. The summed E-state index contributed by atoms with van der Waals surface area (Å²) in [7, 11) is 0. The first kappa shape index (κ1) is 7.80. The summed E-state index contributed by atoms with van der Waals surface area (Å²) in [6.07, 6.45) is 0. The number of hydrogen-bond donors (Lipinski definition) is 4. The number of β-lactam (4-membered cyclic amide) rings is 1. The molecule has 6 heteroatoms. The van der Waals surface area contributed by atoms with E-state index in [1.165, 1.54) is 0 Å². The molecule has 0 aromatic carbocycles. The average molecular weight is 158 g/mol. The molecule has 0 aliphatic carbocycles. The summed E-state index contributed by atoms with van der Waals surface area (Å²) in [6, 6.07) is -1.30. The molecule has 62 valence electrons. The number of amides is 3. The molecule has 1 aliphatic rings. The Morgan fingerprint density at radius 1 is 1.73 bits per heavy atom. The molecule has 1 fully saturated rings. The molecule has 0 saturated carbocycles. The van der Waals surface area contributed by atoms with Crippen molar-refractivity contribution in [2.45, 2.75) is 12.1 Å². The van der Waals surface area contributed by atoms with Gasteiger partial charge in [-0.2, -0.15) is 0 Å². The Hall–Kier alpha value is -1.30. The monoisotopic (exact) mass is 158 g/mol. The van der Waals surface area contributed by atoms with Crippen LogP contribution < -0.4 is 22.1 Å². The second kappa shape index (κ2) is 2.75. The van der Waals surface area contributed by atoms with Crippen LogP contribution in [0.2, 0.25) is 0 Å². The van der Waals surface area contributed by atoms with Gasteiger partial charge in [-0.05, 0) is 0 Å². The average Bonchev–Trinajstić information content (AvgIpc) is 1.96. The molecular formula is C5H10N4O2. The lowest BCUT2D eigenvalue weighted by Gasteiger charge is -2.33. The third-order valence-corrected chi connectivity index (χ3v) is 1.56.